The minimum absolute atomic E-state index is 0.0248. The molecular formula is C29H28FN5O4. The number of fused-ring (bicyclic) bond motifs is 2. The molecule has 0 unspecified atom stereocenters. The molecule has 1 aliphatic carbocycles. The molecule has 1 saturated carbocycles. The van der Waals surface area contributed by atoms with E-state index in [0.717, 1.165) is 25.7 Å². The van der Waals surface area contributed by atoms with Crippen molar-refractivity contribution < 1.29 is 23.5 Å². The van der Waals surface area contributed by atoms with Gasteiger partial charge in [-0.1, -0.05) is 48.4 Å². The molecule has 10 heteroatoms. The second kappa shape index (κ2) is 10.7. The van der Waals surface area contributed by atoms with Crippen molar-refractivity contribution in [1.82, 2.24) is 20.3 Å². The number of aromatic nitrogens is 3. The van der Waals surface area contributed by atoms with Crippen LogP contribution in [-0.2, 0) is 16.1 Å². The maximum atomic E-state index is 15.3. The van der Waals surface area contributed by atoms with Gasteiger partial charge in [0.1, 0.15) is 37.1 Å². The molecule has 3 aromatic carbocycles. The fraction of sp³-hybridized carbons (Fsp3) is 0.310. The van der Waals surface area contributed by atoms with Gasteiger partial charge in [-0.3, -0.25) is 14.5 Å². The Kier molecular flexibility index (Phi) is 6.83. The van der Waals surface area contributed by atoms with Crippen molar-refractivity contribution in [2.75, 3.05) is 18.1 Å². The Morgan fingerprint density at radius 1 is 1.00 bits per heavy atom. The Morgan fingerprint density at radius 2 is 1.74 bits per heavy atom. The van der Waals surface area contributed by atoms with Gasteiger partial charge in [0.15, 0.2) is 11.5 Å². The first-order valence-corrected chi connectivity index (χ1v) is 13.1. The lowest BCUT2D eigenvalue weighted by molar-refractivity contribution is -0.127. The number of ether oxygens (including phenoxy) is 2. The van der Waals surface area contributed by atoms with E-state index in [0.29, 0.717) is 41.4 Å². The van der Waals surface area contributed by atoms with E-state index in [9.17, 15) is 9.59 Å². The van der Waals surface area contributed by atoms with E-state index in [1.165, 1.54) is 21.7 Å². The molecule has 2 aliphatic rings. The number of hydrogen-bond acceptors (Lipinski definition) is 6. The van der Waals surface area contributed by atoms with Crippen LogP contribution in [0.4, 0.5) is 10.1 Å². The van der Waals surface area contributed by atoms with Gasteiger partial charge >= 0.3 is 0 Å². The van der Waals surface area contributed by atoms with E-state index in [2.05, 4.69) is 15.6 Å². The Morgan fingerprint density at radius 3 is 2.56 bits per heavy atom. The predicted molar refractivity (Wildman–Crippen MR) is 142 cm³/mol. The molecular weight excluding hydrogens is 501 g/mol. The summed E-state index contributed by atoms with van der Waals surface area (Å²) in [4.78, 5) is 29.4. The molecule has 1 atom stereocenters. The van der Waals surface area contributed by atoms with E-state index in [1.807, 2.05) is 18.2 Å². The van der Waals surface area contributed by atoms with Gasteiger partial charge < -0.3 is 14.8 Å². The highest BCUT2D eigenvalue weighted by Crippen LogP contribution is 2.38. The lowest BCUT2D eigenvalue weighted by Gasteiger charge is -2.33. The standard InChI is InChI=1S/C29H28FN5O4/c30-22-10-4-3-9-21(22)28(29(37)31-19-7-1-2-8-19)35(20-13-14-25-26(17-20)39-16-15-38-25)27(36)18-34-24-12-6-5-11-23(24)32-33-34/h3-6,9-14,17,19,28H,1-2,7-8,15-16,18H2,(H,31,37)/t28-/m0/s1. The maximum Gasteiger partial charge on any atom is 0.249 e. The van der Waals surface area contributed by atoms with Crippen molar-refractivity contribution in [2.24, 2.45) is 0 Å². The Bertz CT molecular complexity index is 1520. The van der Waals surface area contributed by atoms with Crippen LogP contribution < -0.4 is 19.7 Å². The average molecular weight is 530 g/mol. The fourth-order valence-electron chi connectivity index (χ4n) is 5.30. The van der Waals surface area contributed by atoms with Crippen LogP contribution in [0.3, 0.4) is 0 Å². The zero-order valence-corrected chi connectivity index (χ0v) is 21.3. The summed E-state index contributed by atoms with van der Waals surface area (Å²) in [5.74, 6) is -0.495. The van der Waals surface area contributed by atoms with Gasteiger partial charge in [-0.2, -0.15) is 0 Å². The lowest BCUT2D eigenvalue weighted by Crippen LogP contribution is -2.47. The van der Waals surface area contributed by atoms with Gasteiger partial charge in [-0.25, -0.2) is 9.07 Å². The van der Waals surface area contributed by atoms with E-state index in [-0.39, 0.29) is 18.2 Å². The van der Waals surface area contributed by atoms with Crippen LogP contribution in [0.15, 0.2) is 66.7 Å². The molecule has 6 rings (SSSR count). The lowest BCUT2D eigenvalue weighted by atomic mass is 10.0. The number of para-hydroxylation sites is 1. The van der Waals surface area contributed by atoms with E-state index < -0.39 is 23.7 Å². The number of nitrogens with one attached hydrogen (secondary N) is 1. The molecule has 2 amide bonds. The SMILES string of the molecule is O=C(NC1CCCC1)[C@H](c1ccccc1F)N(C(=O)Cn1nnc2ccccc21)c1ccc2c(c1)OCCO2. The Hall–Kier alpha value is -4.47. The van der Waals surface area contributed by atoms with E-state index in [1.54, 1.807) is 36.4 Å². The van der Waals surface area contributed by atoms with Gasteiger partial charge in [-0.05, 0) is 43.2 Å². The zero-order chi connectivity index (χ0) is 26.8. The van der Waals surface area contributed by atoms with Crippen molar-refractivity contribution in [3.8, 4) is 11.5 Å². The molecule has 0 saturated heterocycles. The summed E-state index contributed by atoms with van der Waals surface area (Å²) in [6.45, 7) is 0.556. The first-order valence-electron chi connectivity index (χ1n) is 13.1. The Labute approximate surface area is 224 Å². The summed E-state index contributed by atoms with van der Waals surface area (Å²) in [5, 5.41) is 11.4. The fourth-order valence-corrected chi connectivity index (χ4v) is 5.30. The zero-order valence-electron chi connectivity index (χ0n) is 21.3. The van der Waals surface area contributed by atoms with Crippen LogP contribution in [0.5, 0.6) is 11.5 Å². The highest BCUT2D eigenvalue weighted by Gasteiger charge is 2.36. The largest absolute Gasteiger partial charge is 0.486 e. The minimum Gasteiger partial charge on any atom is -0.486 e. The first kappa shape index (κ1) is 24.8. The highest BCUT2D eigenvalue weighted by molar-refractivity contribution is 6.02. The van der Waals surface area contributed by atoms with Crippen molar-refractivity contribution >= 4 is 28.5 Å². The summed E-state index contributed by atoms with van der Waals surface area (Å²) in [5.41, 5.74) is 1.79. The summed E-state index contributed by atoms with van der Waals surface area (Å²) in [6.07, 6.45) is 3.72. The third-order valence-electron chi connectivity index (χ3n) is 7.19. The van der Waals surface area contributed by atoms with Gasteiger partial charge in [0.25, 0.3) is 0 Å². The number of anilines is 1. The molecule has 1 aliphatic heterocycles. The molecule has 4 aromatic rings. The minimum atomic E-state index is -1.27. The molecule has 1 aromatic heterocycles. The second-order valence-electron chi connectivity index (χ2n) is 9.74. The summed E-state index contributed by atoms with van der Waals surface area (Å²) < 4.78 is 28.2. The van der Waals surface area contributed by atoms with E-state index >= 15 is 4.39 Å². The van der Waals surface area contributed by atoms with Crippen molar-refractivity contribution in [1.29, 1.82) is 0 Å². The summed E-state index contributed by atoms with van der Waals surface area (Å²) >= 11 is 0. The summed E-state index contributed by atoms with van der Waals surface area (Å²) in [6, 6.07) is 17.1. The molecule has 9 nitrogen and oxygen atoms in total. The van der Waals surface area contributed by atoms with Crippen LogP contribution in [0.1, 0.15) is 37.3 Å². The molecule has 0 spiro atoms. The monoisotopic (exact) mass is 529 g/mol. The van der Waals surface area contributed by atoms with Crippen molar-refractivity contribution in [3.63, 3.8) is 0 Å². The average Bonchev–Trinajstić information content (AvgIpc) is 3.62. The van der Waals surface area contributed by atoms with E-state index in [4.69, 9.17) is 9.47 Å². The molecule has 39 heavy (non-hydrogen) atoms. The quantitative estimate of drug-likeness (QED) is 0.386. The third kappa shape index (κ3) is 5.01. The molecule has 200 valence electrons. The molecule has 0 bridgehead atoms. The number of halogens is 1. The summed E-state index contributed by atoms with van der Waals surface area (Å²) in [7, 11) is 0. The van der Waals surface area contributed by atoms with Gasteiger partial charge in [0, 0.05) is 23.4 Å². The van der Waals surface area contributed by atoms with Crippen molar-refractivity contribution in [3.05, 3.63) is 78.1 Å². The van der Waals surface area contributed by atoms with Crippen LogP contribution in [0.25, 0.3) is 11.0 Å². The predicted octanol–water partition coefficient (Wildman–Crippen LogP) is 4.17. The maximum absolute atomic E-state index is 15.3. The van der Waals surface area contributed by atoms with Crippen LogP contribution in [0, 0.1) is 5.82 Å². The number of carbonyl (C=O) groups is 2. The third-order valence-corrected chi connectivity index (χ3v) is 7.19. The number of carbonyl (C=O) groups excluding carboxylic acids is 2. The van der Waals surface area contributed by atoms with Crippen LogP contribution >= 0.6 is 0 Å². The highest BCUT2D eigenvalue weighted by atomic mass is 19.1. The second-order valence-corrected chi connectivity index (χ2v) is 9.74. The van der Waals surface area contributed by atoms with Crippen molar-refractivity contribution in [2.45, 2.75) is 44.3 Å². The van der Waals surface area contributed by atoms with Crippen LogP contribution in [0.2, 0.25) is 0 Å². The Balaban J connectivity index is 1.45. The van der Waals surface area contributed by atoms with Gasteiger partial charge in [-0.15, -0.1) is 5.10 Å². The molecule has 0 radical (unpaired) electrons. The number of nitrogens with zero attached hydrogens (tertiary/aromatic N) is 4. The topological polar surface area (TPSA) is 98.6 Å². The van der Waals surface area contributed by atoms with Gasteiger partial charge in [0.05, 0.1) is 5.52 Å². The number of rotatable bonds is 7. The molecule has 2 heterocycles. The van der Waals surface area contributed by atoms with Gasteiger partial charge in [0.2, 0.25) is 11.8 Å². The number of benzene rings is 3. The smallest absolute Gasteiger partial charge is 0.249 e. The van der Waals surface area contributed by atoms with Crippen LogP contribution in [-0.4, -0.2) is 46.1 Å². The first-order chi connectivity index (χ1) is 19.1. The number of amides is 2. The normalized spacial score (nSPS) is 15.7. The molecule has 1 N–H and O–H groups in total. The number of hydrogen-bond donors (Lipinski definition) is 1. The molecule has 1 fully saturated rings.